The predicted octanol–water partition coefficient (Wildman–Crippen LogP) is 2.48. The molecule has 0 aliphatic heterocycles. The Bertz CT molecular complexity index is 180. The molecule has 5 heteroatoms. The minimum Gasteiger partial charge on any atom is -0.464 e. The van der Waals surface area contributed by atoms with Crippen molar-refractivity contribution in [3.05, 3.63) is 0 Å². The molecule has 0 radical (unpaired) electrons. The smallest absolute Gasteiger partial charge is 0.323 e. The molecule has 1 unspecified atom stereocenters. The summed E-state index contributed by atoms with van der Waals surface area (Å²) in [5.41, 5.74) is 0.0298. The molecule has 1 N–H and O–H groups in total. The van der Waals surface area contributed by atoms with Gasteiger partial charge >= 0.3 is 5.97 Å². The second-order valence-corrected chi connectivity index (χ2v) is 6.49. The number of hydrogen-bond acceptors (Lipinski definition) is 5. The van der Waals surface area contributed by atoms with Crippen LogP contribution in [0.5, 0.6) is 0 Å². The van der Waals surface area contributed by atoms with E-state index in [0.717, 1.165) is 0 Å². The Morgan fingerprint density at radius 2 is 2.07 bits per heavy atom. The molecule has 14 heavy (non-hydrogen) atoms. The molecule has 0 aromatic rings. The van der Waals surface area contributed by atoms with Crippen LogP contribution in [0.2, 0.25) is 0 Å². The Kier molecular flexibility index (Phi) is 6.64. The van der Waals surface area contributed by atoms with Crippen molar-refractivity contribution in [3.8, 4) is 0 Å². The van der Waals surface area contributed by atoms with Gasteiger partial charge in [-0.3, -0.25) is 4.79 Å². The molecule has 0 aliphatic rings. The molecule has 1 atom stereocenters. The highest BCUT2D eigenvalue weighted by molar-refractivity contribution is 8.75. The van der Waals surface area contributed by atoms with Crippen molar-refractivity contribution in [1.82, 2.24) is 4.72 Å². The maximum Gasteiger partial charge on any atom is 0.323 e. The fraction of sp³-hybridized carbons (Fsp3) is 0.889. The lowest BCUT2D eigenvalue weighted by Gasteiger charge is -2.19. The van der Waals surface area contributed by atoms with Crippen molar-refractivity contribution in [1.29, 1.82) is 0 Å². The van der Waals surface area contributed by atoms with E-state index in [4.69, 9.17) is 4.74 Å². The summed E-state index contributed by atoms with van der Waals surface area (Å²) in [7, 11) is 3.01. The van der Waals surface area contributed by atoms with E-state index in [0.29, 0.717) is 6.61 Å². The number of esters is 1. The molecule has 3 nitrogen and oxygen atoms in total. The molecular weight excluding hydrogens is 218 g/mol. The highest BCUT2D eigenvalue weighted by atomic mass is 33.1. The molecule has 0 heterocycles. The zero-order valence-corrected chi connectivity index (χ0v) is 11.1. The first-order valence-electron chi connectivity index (χ1n) is 4.48. The molecule has 0 spiro atoms. The van der Waals surface area contributed by atoms with Crippen LogP contribution in [0, 0.1) is 5.41 Å². The summed E-state index contributed by atoms with van der Waals surface area (Å²) in [6.45, 7) is 8.37. The van der Waals surface area contributed by atoms with Crippen LogP contribution in [0.25, 0.3) is 0 Å². The molecule has 0 saturated heterocycles. The largest absolute Gasteiger partial charge is 0.464 e. The van der Waals surface area contributed by atoms with Gasteiger partial charge in [0.05, 0.1) is 6.61 Å². The quantitative estimate of drug-likeness (QED) is 0.452. The van der Waals surface area contributed by atoms with Crippen molar-refractivity contribution in [2.24, 2.45) is 5.41 Å². The molecule has 0 fully saturated rings. The lowest BCUT2D eigenvalue weighted by atomic mass is 9.99. The Labute approximate surface area is 94.3 Å². The summed E-state index contributed by atoms with van der Waals surface area (Å²) < 4.78 is 8.11. The third-order valence-corrected chi connectivity index (χ3v) is 2.71. The van der Waals surface area contributed by atoms with E-state index in [1.54, 1.807) is 17.7 Å². The first kappa shape index (κ1) is 14.1. The molecule has 0 bridgehead atoms. The Hall–Kier alpha value is 0.130. The van der Waals surface area contributed by atoms with Gasteiger partial charge in [0.15, 0.2) is 0 Å². The molecule has 0 aromatic carbocycles. The maximum absolute atomic E-state index is 11.4. The maximum atomic E-state index is 11.4. The van der Waals surface area contributed by atoms with Crippen LogP contribution in [0.3, 0.4) is 0 Å². The van der Waals surface area contributed by atoms with Gasteiger partial charge < -0.3 is 4.74 Å². The van der Waals surface area contributed by atoms with Crippen LogP contribution in [0.4, 0.5) is 0 Å². The summed E-state index contributed by atoms with van der Waals surface area (Å²) >= 11 is 0. The van der Waals surface area contributed by atoms with Gasteiger partial charge in [0.2, 0.25) is 0 Å². The number of carbonyl (C=O) groups is 1. The third kappa shape index (κ3) is 7.53. The first-order chi connectivity index (χ1) is 6.37. The number of rotatable bonds is 5. The summed E-state index contributed by atoms with van der Waals surface area (Å²) in [6, 6.07) is -0.255. The van der Waals surface area contributed by atoms with E-state index in [9.17, 15) is 4.79 Å². The molecule has 0 saturated carbocycles. The zero-order chi connectivity index (χ0) is 11.2. The highest BCUT2D eigenvalue weighted by Crippen LogP contribution is 2.15. The monoisotopic (exact) mass is 237 g/mol. The van der Waals surface area contributed by atoms with E-state index < -0.39 is 0 Å². The van der Waals surface area contributed by atoms with Crippen LogP contribution < -0.4 is 4.72 Å². The number of carbonyl (C=O) groups excluding carboxylic acids is 1. The third-order valence-electron chi connectivity index (χ3n) is 1.31. The average Bonchev–Trinajstić information content (AvgIpc) is 2.09. The second-order valence-electron chi connectivity index (χ2n) is 4.26. The van der Waals surface area contributed by atoms with E-state index in [1.165, 1.54) is 11.0 Å². The van der Waals surface area contributed by atoms with Crippen molar-refractivity contribution >= 4 is 27.7 Å². The molecular formula is C9H19NO2S2. The lowest BCUT2D eigenvalue weighted by Crippen LogP contribution is -2.32. The van der Waals surface area contributed by atoms with Crippen LogP contribution in [0.15, 0.2) is 0 Å². The number of ether oxygens (including phenoxy) is 1. The van der Waals surface area contributed by atoms with Gasteiger partial charge in [0, 0.05) is 0 Å². The molecule has 0 amide bonds. The fourth-order valence-electron chi connectivity index (χ4n) is 0.581. The topological polar surface area (TPSA) is 38.3 Å². The first-order valence-corrected chi connectivity index (χ1v) is 7.04. The van der Waals surface area contributed by atoms with Gasteiger partial charge in [-0.2, -0.15) is 0 Å². The van der Waals surface area contributed by atoms with E-state index in [1.807, 2.05) is 27.0 Å². The van der Waals surface area contributed by atoms with Crippen molar-refractivity contribution in [3.63, 3.8) is 0 Å². The zero-order valence-electron chi connectivity index (χ0n) is 9.42. The molecule has 0 aliphatic carbocycles. The highest BCUT2D eigenvalue weighted by Gasteiger charge is 2.18. The molecule has 84 valence electrons. The van der Waals surface area contributed by atoms with Gasteiger partial charge in [-0.25, -0.2) is 4.72 Å². The van der Waals surface area contributed by atoms with Gasteiger partial charge in [-0.05, 0) is 29.6 Å². The summed E-state index contributed by atoms with van der Waals surface area (Å²) in [4.78, 5) is 11.4. The average molecular weight is 237 g/mol. The Balaban J connectivity index is 3.73. The SMILES string of the molecule is CSSNC(C)C(=O)OCC(C)(C)C. The lowest BCUT2D eigenvalue weighted by molar-refractivity contribution is -0.147. The van der Waals surface area contributed by atoms with Crippen molar-refractivity contribution in [2.45, 2.75) is 33.7 Å². The van der Waals surface area contributed by atoms with Crippen molar-refractivity contribution < 1.29 is 9.53 Å². The summed E-state index contributed by atoms with van der Waals surface area (Å²) in [6.07, 6.45) is 1.95. The van der Waals surface area contributed by atoms with E-state index in [-0.39, 0.29) is 17.4 Å². The Morgan fingerprint density at radius 3 is 2.50 bits per heavy atom. The minimum atomic E-state index is -0.255. The molecule has 0 aromatic heterocycles. The minimum absolute atomic E-state index is 0.0298. The van der Waals surface area contributed by atoms with Crippen molar-refractivity contribution in [2.75, 3.05) is 12.9 Å². The predicted molar refractivity (Wildman–Crippen MR) is 64.1 cm³/mol. The summed E-state index contributed by atoms with van der Waals surface area (Å²) in [5, 5.41) is 0. The van der Waals surface area contributed by atoms with Crippen LogP contribution in [-0.4, -0.2) is 24.9 Å². The van der Waals surface area contributed by atoms with Gasteiger partial charge in [-0.1, -0.05) is 31.6 Å². The fourth-order valence-corrected chi connectivity index (χ4v) is 1.64. The standard InChI is InChI=1S/C9H19NO2S2/c1-7(10-14-13-5)8(11)12-6-9(2,3)4/h7,10H,6H2,1-5H3. The van der Waals surface area contributed by atoms with Gasteiger partial charge in [0.25, 0.3) is 0 Å². The van der Waals surface area contributed by atoms with Gasteiger partial charge in [-0.15, -0.1) is 0 Å². The Morgan fingerprint density at radius 1 is 1.50 bits per heavy atom. The van der Waals surface area contributed by atoms with Crippen LogP contribution >= 0.6 is 21.8 Å². The normalized spacial score (nSPS) is 13.8. The van der Waals surface area contributed by atoms with Gasteiger partial charge in [0.1, 0.15) is 6.04 Å². The van der Waals surface area contributed by atoms with E-state index in [2.05, 4.69) is 4.72 Å². The van der Waals surface area contributed by atoms with Crippen LogP contribution in [0.1, 0.15) is 27.7 Å². The summed E-state index contributed by atoms with van der Waals surface area (Å²) in [5.74, 6) is -0.193. The number of nitrogens with one attached hydrogen (secondary N) is 1. The van der Waals surface area contributed by atoms with E-state index >= 15 is 0 Å². The number of hydrogen-bond donors (Lipinski definition) is 1. The molecule has 0 rings (SSSR count). The second kappa shape index (κ2) is 6.58. The van der Waals surface area contributed by atoms with Crippen LogP contribution in [-0.2, 0) is 9.53 Å².